The first kappa shape index (κ1) is 14.3. The smallest absolute Gasteiger partial charge is 0.307 e. The first-order valence-electron chi connectivity index (χ1n) is 5.24. The Labute approximate surface area is 91.1 Å². The molecule has 0 saturated carbocycles. The van der Waals surface area contributed by atoms with E-state index in [1.54, 1.807) is 14.0 Å². The molecule has 0 aliphatic rings. The normalized spacial score (nSPS) is 10.3. The highest BCUT2D eigenvalue weighted by Gasteiger charge is 1.99. The summed E-state index contributed by atoms with van der Waals surface area (Å²) in [6.07, 6.45) is 0.409. The van der Waals surface area contributed by atoms with E-state index in [-0.39, 0.29) is 5.97 Å². The zero-order chi connectivity index (χ0) is 11.4. The predicted octanol–water partition coefficient (Wildman–Crippen LogP) is 0.192. The van der Waals surface area contributed by atoms with Crippen molar-refractivity contribution in [2.24, 2.45) is 0 Å². The van der Waals surface area contributed by atoms with Crippen LogP contribution < -0.4 is 5.32 Å². The predicted molar refractivity (Wildman–Crippen MR) is 56.8 cm³/mol. The second-order valence-corrected chi connectivity index (χ2v) is 2.91. The molecule has 90 valence electrons. The lowest BCUT2D eigenvalue weighted by molar-refractivity contribution is -0.142. The summed E-state index contributed by atoms with van der Waals surface area (Å²) in [5.74, 6) is -0.162. The Hall–Kier alpha value is -0.650. The minimum absolute atomic E-state index is 0.162. The van der Waals surface area contributed by atoms with Crippen molar-refractivity contribution in [3.63, 3.8) is 0 Å². The summed E-state index contributed by atoms with van der Waals surface area (Å²) < 4.78 is 14.8. The second-order valence-electron chi connectivity index (χ2n) is 2.91. The first-order chi connectivity index (χ1) is 7.31. The number of carbonyl (C=O) groups excluding carboxylic acids is 1. The standard InChI is InChI=1S/C10H21NO4/c1-3-15-10(12)4-5-11-6-7-14-9-8-13-2/h11H,3-9H2,1-2H3. The molecule has 0 rings (SSSR count). The van der Waals surface area contributed by atoms with E-state index in [2.05, 4.69) is 5.32 Å². The number of carbonyl (C=O) groups is 1. The van der Waals surface area contributed by atoms with E-state index in [1.165, 1.54) is 0 Å². The summed E-state index contributed by atoms with van der Waals surface area (Å²) in [6, 6.07) is 0. The van der Waals surface area contributed by atoms with Crippen LogP contribution in [-0.2, 0) is 19.0 Å². The van der Waals surface area contributed by atoms with Crippen molar-refractivity contribution in [3.8, 4) is 0 Å². The van der Waals surface area contributed by atoms with Crippen LogP contribution in [0.5, 0.6) is 0 Å². The molecule has 15 heavy (non-hydrogen) atoms. The van der Waals surface area contributed by atoms with Gasteiger partial charge in [-0.15, -0.1) is 0 Å². The van der Waals surface area contributed by atoms with Gasteiger partial charge in [-0.3, -0.25) is 4.79 Å². The highest BCUT2D eigenvalue weighted by molar-refractivity contribution is 5.69. The molecule has 0 spiro atoms. The van der Waals surface area contributed by atoms with Crippen molar-refractivity contribution in [1.82, 2.24) is 5.32 Å². The van der Waals surface area contributed by atoms with Crippen LogP contribution in [0.15, 0.2) is 0 Å². The number of rotatable bonds is 10. The van der Waals surface area contributed by atoms with Gasteiger partial charge in [-0.1, -0.05) is 0 Å². The number of methoxy groups -OCH3 is 1. The number of esters is 1. The minimum Gasteiger partial charge on any atom is -0.466 e. The molecule has 0 heterocycles. The van der Waals surface area contributed by atoms with Crippen LogP contribution in [0, 0.1) is 0 Å². The maximum atomic E-state index is 10.9. The molecule has 5 nitrogen and oxygen atoms in total. The third kappa shape index (κ3) is 11.3. The van der Waals surface area contributed by atoms with Crippen LogP contribution in [0.3, 0.4) is 0 Å². The lowest BCUT2D eigenvalue weighted by Crippen LogP contribution is -2.24. The Kier molecular flexibility index (Phi) is 10.9. The summed E-state index contributed by atoms with van der Waals surface area (Å²) in [5.41, 5.74) is 0. The molecule has 0 bridgehead atoms. The maximum Gasteiger partial charge on any atom is 0.307 e. The van der Waals surface area contributed by atoms with Crippen LogP contribution in [0.4, 0.5) is 0 Å². The second kappa shape index (κ2) is 11.4. The zero-order valence-corrected chi connectivity index (χ0v) is 9.58. The summed E-state index contributed by atoms with van der Waals surface area (Å²) in [6.45, 7) is 5.47. The van der Waals surface area contributed by atoms with Gasteiger partial charge in [0.05, 0.1) is 32.8 Å². The van der Waals surface area contributed by atoms with Gasteiger partial charge in [0.15, 0.2) is 0 Å². The average molecular weight is 219 g/mol. The Bertz CT molecular complexity index is 152. The molecule has 1 N–H and O–H groups in total. The van der Waals surface area contributed by atoms with Crippen LogP contribution in [0.2, 0.25) is 0 Å². The lowest BCUT2D eigenvalue weighted by atomic mass is 10.4. The van der Waals surface area contributed by atoms with Gasteiger partial charge in [-0.25, -0.2) is 0 Å². The van der Waals surface area contributed by atoms with Gasteiger partial charge in [0.1, 0.15) is 0 Å². The SMILES string of the molecule is CCOC(=O)CCNCCOCCOC. The molecule has 0 aromatic heterocycles. The Morgan fingerprint density at radius 3 is 2.67 bits per heavy atom. The zero-order valence-electron chi connectivity index (χ0n) is 9.58. The van der Waals surface area contributed by atoms with E-state index in [0.29, 0.717) is 39.4 Å². The molecule has 0 radical (unpaired) electrons. The van der Waals surface area contributed by atoms with Crippen LogP contribution in [0.1, 0.15) is 13.3 Å². The molecule has 0 aliphatic carbocycles. The average Bonchev–Trinajstić information content (AvgIpc) is 2.22. The fourth-order valence-electron chi connectivity index (χ4n) is 0.937. The van der Waals surface area contributed by atoms with Gasteiger partial charge in [0.2, 0.25) is 0 Å². The Morgan fingerprint density at radius 1 is 1.20 bits per heavy atom. The van der Waals surface area contributed by atoms with Crippen LogP contribution >= 0.6 is 0 Å². The maximum absolute atomic E-state index is 10.9. The molecule has 0 aliphatic heterocycles. The lowest BCUT2D eigenvalue weighted by Gasteiger charge is -2.05. The van der Waals surface area contributed by atoms with Crippen molar-refractivity contribution in [2.45, 2.75) is 13.3 Å². The molecule has 0 unspecified atom stereocenters. The van der Waals surface area contributed by atoms with Gasteiger partial charge in [0, 0.05) is 20.2 Å². The molecule has 0 aromatic carbocycles. The third-order valence-electron chi connectivity index (χ3n) is 1.67. The number of hydrogen-bond donors (Lipinski definition) is 1. The highest BCUT2D eigenvalue weighted by Crippen LogP contribution is 1.83. The molecule has 0 amide bonds. The van der Waals surface area contributed by atoms with E-state index in [9.17, 15) is 4.79 Å². The number of nitrogens with one attached hydrogen (secondary N) is 1. The Balaban J connectivity index is 3.01. The van der Waals surface area contributed by atoms with Gasteiger partial charge in [0.25, 0.3) is 0 Å². The van der Waals surface area contributed by atoms with Crippen LogP contribution in [-0.4, -0.2) is 52.6 Å². The van der Waals surface area contributed by atoms with E-state index in [4.69, 9.17) is 14.2 Å². The molecule has 0 fully saturated rings. The van der Waals surface area contributed by atoms with Crippen molar-refractivity contribution < 1.29 is 19.0 Å². The summed E-state index contributed by atoms with van der Waals surface area (Å²) in [4.78, 5) is 10.9. The largest absolute Gasteiger partial charge is 0.466 e. The van der Waals surface area contributed by atoms with Crippen LogP contribution in [0.25, 0.3) is 0 Å². The van der Waals surface area contributed by atoms with E-state index in [0.717, 1.165) is 6.54 Å². The minimum atomic E-state index is -0.162. The van der Waals surface area contributed by atoms with Gasteiger partial charge in [-0.05, 0) is 6.92 Å². The summed E-state index contributed by atoms with van der Waals surface area (Å²) in [5, 5.41) is 3.08. The fraction of sp³-hybridized carbons (Fsp3) is 0.900. The van der Waals surface area contributed by atoms with E-state index in [1.807, 2.05) is 0 Å². The van der Waals surface area contributed by atoms with Crippen molar-refractivity contribution in [1.29, 1.82) is 0 Å². The third-order valence-corrected chi connectivity index (χ3v) is 1.67. The Morgan fingerprint density at radius 2 is 2.00 bits per heavy atom. The molecule has 0 atom stereocenters. The molecule has 0 aromatic rings. The first-order valence-corrected chi connectivity index (χ1v) is 5.24. The topological polar surface area (TPSA) is 56.8 Å². The van der Waals surface area contributed by atoms with E-state index < -0.39 is 0 Å². The number of ether oxygens (including phenoxy) is 3. The van der Waals surface area contributed by atoms with Crippen molar-refractivity contribution >= 4 is 5.97 Å². The molecule has 5 heteroatoms. The fourth-order valence-corrected chi connectivity index (χ4v) is 0.937. The van der Waals surface area contributed by atoms with E-state index >= 15 is 0 Å². The molecule has 0 saturated heterocycles. The number of hydrogen-bond acceptors (Lipinski definition) is 5. The summed E-state index contributed by atoms with van der Waals surface area (Å²) in [7, 11) is 1.64. The molecular formula is C10H21NO4. The van der Waals surface area contributed by atoms with Crippen molar-refractivity contribution in [2.75, 3.05) is 46.6 Å². The van der Waals surface area contributed by atoms with Crippen molar-refractivity contribution in [3.05, 3.63) is 0 Å². The molecular weight excluding hydrogens is 198 g/mol. The highest BCUT2D eigenvalue weighted by atomic mass is 16.5. The van der Waals surface area contributed by atoms with Gasteiger partial charge in [-0.2, -0.15) is 0 Å². The van der Waals surface area contributed by atoms with Gasteiger partial charge >= 0.3 is 5.97 Å². The van der Waals surface area contributed by atoms with Gasteiger partial charge < -0.3 is 19.5 Å². The summed E-state index contributed by atoms with van der Waals surface area (Å²) >= 11 is 0. The monoisotopic (exact) mass is 219 g/mol. The quantitative estimate of drug-likeness (QED) is 0.420.